The molecule has 4 atom stereocenters. The van der Waals surface area contributed by atoms with Crippen molar-refractivity contribution in [3.05, 3.63) is 0 Å². The number of hydrogen-bond donors (Lipinski definition) is 0. The van der Waals surface area contributed by atoms with Crippen LogP contribution in [-0.2, 0) is 4.74 Å². The SMILES string of the molecule is C[C@@H]1C[C@H](C2CCCCC2)OC2CCCCC21. The van der Waals surface area contributed by atoms with Crippen molar-refractivity contribution in [2.45, 2.75) is 83.3 Å². The molecule has 0 bridgehead atoms. The average Bonchev–Trinajstić information content (AvgIpc) is 2.40. The highest BCUT2D eigenvalue weighted by atomic mass is 16.5. The van der Waals surface area contributed by atoms with E-state index in [1.165, 1.54) is 64.2 Å². The smallest absolute Gasteiger partial charge is 0.0609 e. The van der Waals surface area contributed by atoms with E-state index in [0.717, 1.165) is 17.8 Å². The Labute approximate surface area is 106 Å². The largest absolute Gasteiger partial charge is 0.374 e. The Morgan fingerprint density at radius 3 is 2.29 bits per heavy atom. The first-order valence-corrected chi connectivity index (χ1v) is 8.00. The predicted octanol–water partition coefficient (Wildman–Crippen LogP) is 4.55. The minimum Gasteiger partial charge on any atom is -0.374 e. The Balaban J connectivity index is 1.63. The van der Waals surface area contributed by atoms with Crippen molar-refractivity contribution in [2.75, 3.05) is 0 Å². The van der Waals surface area contributed by atoms with Gasteiger partial charge in [-0.25, -0.2) is 0 Å². The molecule has 0 aromatic heterocycles. The molecular formula is C16H28O. The van der Waals surface area contributed by atoms with Gasteiger partial charge in [0.15, 0.2) is 0 Å². The normalized spacial score (nSPS) is 44.3. The fourth-order valence-corrected chi connectivity index (χ4v) is 4.58. The van der Waals surface area contributed by atoms with E-state index < -0.39 is 0 Å². The topological polar surface area (TPSA) is 9.23 Å². The molecule has 3 fully saturated rings. The van der Waals surface area contributed by atoms with Gasteiger partial charge >= 0.3 is 0 Å². The average molecular weight is 236 g/mol. The minimum absolute atomic E-state index is 0.615. The second-order valence-corrected chi connectivity index (χ2v) is 6.77. The Bertz CT molecular complexity index is 244. The molecule has 1 heteroatoms. The Hall–Kier alpha value is -0.0400. The van der Waals surface area contributed by atoms with Gasteiger partial charge in [-0.05, 0) is 49.9 Å². The van der Waals surface area contributed by atoms with Crippen LogP contribution in [0.15, 0.2) is 0 Å². The van der Waals surface area contributed by atoms with Gasteiger partial charge in [0.2, 0.25) is 0 Å². The van der Waals surface area contributed by atoms with E-state index in [2.05, 4.69) is 6.92 Å². The maximum absolute atomic E-state index is 6.50. The van der Waals surface area contributed by atoms with E-state index in [1.807, 2.05) is 0 Å². The lowest BCUT2D eigenvalue weighted by atomic mass is 9.71. The Morgan fingerprint density at radius 1 is 0.765 bits per heavy atom. The standard InChI is InChI=1S/C16H28O/c1-12-11-16(13-7-3-2-4-8-13)17-15-10-6-5-9-14(12)15/h12-16H,2-11H2,1H3/t12-,14?,15?,16-/m1/s1. The third-order valence-electron chi connectivity index (χ3n) is 5.61. The van der Waals surface area contributed by atoms with Gasteiger partial charge in [-0.15, -0.1) is 0 Å². The fourth-order valence-electron chi connectivity index (χ4n) is 4.58. The van der Waals surface area contributed by atoms with Crippen LogP contribution in [0.4, 0.5) is 0 Å². The van der Waals surface area contributed by atoms with Gasteiger partial charge < -0.3 is 4.74 Å². The maximum Gasteiger partial charge on any atom is 0.0609 e. The van der Waals surface area contributed by atoms with E-state index in [9.17, 15) is 0 Å². The summed E-state index contributed by atoms with van der Waals surface area (Å²) < 4.78 is 6.50. The van der Waals surface area contributed by atoms with Crippen molar-refractivity contribution in [3.63, 3.8) is 0 Å². The summed E-state index contributed by atoms with van der Waals surface area (Å²) in [6.07, 6.45) is 15.5. The van der Waals surface area contributed by atoms with Crippen molar-refractivity contribution >= 4 is 0 Å². The molecule has 0 radical (unpaired) electrons. The molecule has 2 aliphatic carbocycles. The summed E-state index contributed by atoms with van der Waals surface area (Å²) in [5.41, 5.74) is 0. The lowest BCUT2D eigenvalue weighted by Crippen LogP contribution is -2.44. The monoisotopic (exact) mass is 236 g/mol. The third kappa shape index (κ3) is 2.54. The second-order valence-electron chi connectivity index (χ2n) is 6.77. The molecule has 0 aromatic rings. The first-order chi connectivity index (χ1) is 8.34. The van der Waals surface area contributed by atoms with E-state index in [0.29, 0.717) is 12.2 Å². The van der Waals surface area contributed by atoms with Crippen LogP contribution in [0.2, 0.25) is 0 Å². The number of ether oxygens (including phenoxy) is 1. The van der Waals surface area contributed by atoms with E-state index in [-0.39, 0.29) is 0 Å². The predicted molar refractivity (Wildman–Crippen MR) is 71.0 cm³/mol. The second kappa shape index (κ2) is 5.30. The zero-order chi connectivity index (χ0) is 11.7. The van der Waals surface area contributed by atoms with Gasteiger partial charge in [0, 0.05) is 0 Å². The summed E-state index contributed by atoms with van der Waals surface area (Å²) in [6.45, 7) is 2.49. The van der Waals surface area contributed by atoms with Crippen LogP contribution in [0.25, 0.3) is 0 Å². The molecule has 17 heavy (non-hydrogen) atoms. The van der Waals surface area contributed by atoms with Crippen LogP contribution >= 0.6 is 0 Å². The summed E-state index contributed by atoms with van der Waals surface area (Å²) in [5.74, 6) is 2.71. The summed E-state index contributed by atoms with van der Waals surface area (Å²) in [7, 11) is 0. The molecule has 0 amide bonds. The van der Waals surface area contributed by atoms with Crippen LogP contribution in [0.3, 0.4) is 0 Å². The van der Waals surface area contributed by atoms with Crippen LogP contribution < -0.4 is 0 Å². The lowest BCUT2D eigenvalue weighted by molar-refractivity contribution is -0.144. The fraction of sp³-hybridized carbons (Fsp3) is 1.00. The van der Waals surface area contributed by atoms with E-state index in [4.69, 9.17) is 4.74 Å². The third-order valence-corrected chi connectivity index (χ3v) is 5.61. The van der Waals surface area contributed by atoms with Gasteiger partial charge in [0.25, 0.3) is 0 Å². The molecule has 2 saturated carbocycles. The van der Waals surface area contributed by atoms with Crippen LogP contribution in [0, 0.1) is 17.8 Å². The molecule has 1 heterocycles. The first kappa shape index (κ1) is 12.0. The molecule has 0 N–H and O–H groups in total. The quantitative estimate of drug-likeness (QED) is 0.649. The molecule has 2 unspecified atom stereocenters. The lowest BCUT2D eigenvalue weighted by Gasteiger charge is -2.46. The summed E-state index contributed by atoms with van der Waals surface area (Å²) >= 11 is 0. The summed E-state index contributed by atoms with van der Waals surface area (Å²) in [5, 5.41) is 0. The van der Waals surface area contributed by atoms with Crippen LogP contribution in [-0.4, -0.2) is 12.2 Å². The zero-order valence-electron chi connectivity index (χ0n) is 11.4. The van der Waals surface area contributed by atoms with E-state index >= 15 is 0 Å². The highest BCUT2D eigenvalue weighted by Gasteiger charge is 2.40. The molecule has 1 saturated heterocycles. The van der Waals surface area contributed by atoms with Crippen molar-refractivity contribution < 1.29 is 4.74 Å². The van der Waals surface area contributed by atoms with Gasteiger partial charge in [-0.1, -0.05) is 39.0 Å². The Morgan fingerprint density at radius 2 is 1.47 bits per heavy atom. The minimum atomic E-state index is 0.615. The highest BCUT2D eigenvalue weighted by Crippen LogP contribution is 2.43. The molecular weight excluding hydrogens is 208 g/mol. The maximum atomic E-state index is 6.50. The molecule has 0 aromatic carbocycles. The summed E-state index contributed by atoms with van der Waals surface area (Å²) in [4.78, 5) is 0. The van der Waals surface area contributed by atoms with Crippen molar-refractivity contribution in [1.29, 1.82) is 0 Å². The van der Waals surface area contributed by atoms with Gasteiger partial charge in [-0.3, -0.25) is 0 Å². The van der Waals surface area contributed by atoms with Gasteiger partial charge in [0.1, 0.15) is 0 Å². The zero-order valence-corrected chi connectivity index (χ0v) is 11.4. The van der Waals surface area contributed by atoms with Crippen molar-refractivity contribution in [1.82, 2.24) is 0 Å². The Kier molecular flexibility index (Phi) is 3.75. The molecule has 1 nitrogen and oxygen atoms in total. The summed E-state index contributed by atoms with van der Waals surface area (Å²) in [6, 6.07) is 0. The first-order valence-electron chi connectivity index (χ1n) is 8.00. The number of rotatable bonds is 1. The number of hydrogen-bond acceptors (Lipinski definition) is 1. The van der Waals surface area contributed by atoms with E-state index in [1.54, 1.807) is 0 Å². The van der Waals surface area contributed by atoms with Crippen LogP contribution in [0.1, 0.15) is 71.1 Å². The molecule has 0 spiro atoms. The molecule has 3 rings (SSSR count). The number of fused-ring (bicyclic) bond motifs is 1. The van der Waals surface area contributed by atoms with Gasteiger partial charge in [-0.2, -0.15) is 0 Å². The van der Waals surface area contributed by atoms with Crippen molar-refractivity contribution in [3.8, 4) is 0 Å². The molecule has 1 aliphatic heterocycles. The van der Waals surface area contributed by atoms with Crippen molar-refractivity contribution in [2.24, 2.45) is 17.8 Å². The van der Waals surface area contributed by atoms with Gasteiger partial charge in [0.05, 0.1) is 12.2 Å². The molecule has 98 valence electrons. The van der Waals surface area contributed by atoms with Crippen LogP contribution in [0.5, 0.6) is 0 Å². The molecule has 3 aliphatic rings. The highest BCUT2D eigenvalue weighted by molar-refractivity contribution is 4.89.